The monoisotopic (exact) mass is 369 g/mol. The van der Waals surface area contributed by atoms with Gasteiger partial charge in [-0.05, 0) is 37.8 Å². The third-order valence-electron chi connectivity index (χ3n) is 5.68. The molecule has 7 nitrogen and oxygen atoms in total. The van der Waals surface area contributed by atoms with Crippen molar-refractivity contribution in [3.05, 3.63) is 42.0 Å². The number of hydrogen-bond donors (Lipinski definition) is 2. The molecule has 3 aliphatic rings. The summed E-state index contributed by atoms with van der Waals surface area (Å²) in [4.78, 5) is 25.0. The first-order valence-corrected chi connectivity index (χ1v) is 9.55. The van der Waals surface area contributed by atoms with E-state index in [0.29, 0.717) is 5.92 Å². The molecule has 2 bridgehead atoms. The van der Waals surface area contributed by atoms with E-state index >= 15 is 0 Å². The number of rotatable bonds is 4. The van der Waals surface area contributed by atoms with E-state index in [-0.39, 0.29) is 12.1 Å². The molecule has 1 aromatic heterocycles. The summed E-state index contributed by atoms with van der Waals surface area (Å²) in [7, 11) is 1.63. The molecule has 2 atom stereocenters. The second kappa shape index (κ2) is 7.60. The molecule has 0 spiro atoms. The summed E-state index contributed by atoms with van der Waals surface area (Å²) in [5.74, 6) is 1.25. The largest absolute Gasteiger partial charge is 0.497 e. The van der Waals surface area contributed by atoms with E-state index < -0.39 is 0 Å². The predicted molar refractivity (Wildman–Crippen MR) is 104 cm³/mol. The summed E-state index contributed by atoms with van der Waals surface area (Å²) in [6.07, 6.45) is 4.00. The van der Waals surface area contributed by atoms with Gasteiger partial charge < -0.3 is 19.9 Å². The van der Waals surface area contributed by atoms with Crippen molar-refractivity contribution < 1.29 is 9.53 Å². The molecule has 0 aliphatic carbocycles. The van der Waals surface area contributed by atoms with Crippen LogP contribution in [0, 0.1) is 12.8 Å². The quantitative estimate of drug-likeness (QED) is 0.869. The zero-order valence-electron chi connectivity index (χ0n) is 15.9. The molecule has 2 N–H and O–H groups in total. The molecular formula is C20H27N5O2. The lowest BCUT2D eigenvalue weighted by Crippen LogP contribution is -2.49. The molecule has 3 aliphatic heterocycles. The van der Waals surface area contributed by atoms with Gasteiger partial charge in [0.05, 0.1) is 19.1 Å². The number of aromatic nitrogens is 2. The maximum Gasteiger partial charge on any atom is 0.322 e. The molecule has 0 saturated carbocycles. The van der Waals surface area contributed by atoms with Crippen molar-refractivity contribution >= 4 is 11.7 Å². The first-order chi connectivity index (χ1) is 13.1. The lowest BCUT2D eigenvalue weighted by atomic mass is 9.95. The Morgan fingerprint density at radius 1 is 1.33 bits per heavy atom. The normalized spacial score (nSPS) is 22.5. The van der Waals surface area contributed by atoms with Crippen molar-refractivity contribution in [3.63, 3.8) is 0 Å². The zero-order chi connectivity index (χ0) is 18.8. The summed E-state index contributed by atoms with van der Waals surface area (Å²) >= 11 is 0. The summed E-state index contributed by atoms with van der Waals surface area (Å²) in [6, 6.07) is 7.73. The number of anilines is 1. The number of fused-ring (bicyclic) bond motifs is 4. The smallest absolute Gasteiger partial charge is 0.322 e. The highest BCUT2D eigenvalue weighted by molar-refractivity contribution is 5.89. The Balaban J connectivity index is 1.43. The van der Waals surface area contributed by atoms with Gasteiger partial charge in [0, 0.05) is 49.7 Å². The first kappa shape index (κ1) is 17.9. The Morgan fingerprint density at radius 2 is 2.22 bits per heavy atom. The van der Waals surface area contributed by atoms with Gasteiger partial charge in [-0.2, -0.15) is 0 Å². The van der Waals surface area contributed by atoms with Crippen molar-refractivity contribution in [2.24, 2.45) is 5.92 Å². The third kappa shape index (κ3) is 3.93. The minimum absolute atomic E-state index is 0.0178. The maximum absolute atomic E-state index is 12.9. The molecule has 4 heterocycles. The molecule has 3 fully saturated rings. The minimum Gasteiger partial charge on any atom is -0.497 e. The van der Waals surface area contributed by atoms with Gasteiger partial charge >= 0.3 is 6.03 Å². The number of amides is 2. The minimum atomic E-state index is -0.0178. The average molecular weight is 369 g/mol. The number of hydrogen-bond acceptors (Lipinski definition) is 4. The van der Waals surface area contributed by atoms with Crippen LogP contribution in [-0.4, -0.2) is 58.6 Å². The number of urea groups is 1. The van der Waals surface area contributed by atoms with Crippen LogP contribution in [0.4, 0.5) is 10.5 Å². The van der Waals surface area contributed by atoms with E-state index in [2.05, 4.69) is 27.1 Å². The number of aryl methyl sites for hydroxylation is 1. The lowest BCUT2D eigenvalue weighted by Gasteiger charge is -2.36. The third-order valence-corrected chi connectivity index (χ3v) is 5.68. The zero-order valence-corrected chi connectivity index (χ0v) is 15.9. The second-order valence-corrected chi connectivity index (χ2v) is 7.58. The van der Waals surface area contributed by atoms with E-state index in [4.69, 9.17) is 4.74 Å². The van der Waals surface area contributed by atoms with Gasteiger partial charge in [-0.3, -0.25) is 4.90 Å². The van der Waals surface area contributed by atoms with E-state index in [1.165, 1.54) is 6.42 Å². The van der Waals surface area contributed by atoms with Gasteiger partial charge in [-0.15, -0.1) is 0 Å². The number of benzene rings is 1. The highest BCUT2D eigenvalue weighted by atomic mass is 16.5. The fourth-order valence-corrected chi connectivity index (χ4v) is 4.21. The van der Waals surface area contributed by atoms with Crippen LogP contribution in [0.1, 0.15) is 24.2 Å². The number of piperidine rings is 1. The van der Waals surface area contributed by atoms with Gasteiger partial charge in [0.25, 0.3) is 0 Å². The molecule has 27 heavy (non-hydrogen) atoms. The number of aromatic amines is 1. The molecule has 144 valence electrons. The van der Waals surface area contributed by atoms with Crippen molar-refractivity contribution in [2.75, 3.05) is 32.1 Å². The van der Waals surface area contributed by atoms with E-state index in [0.717, 1.165) is 55.4 Å². The topological polar surface area (TPSA) is 73.5 Å². The Morgan fingerprint density at radius 3 is 3.00 bits per heavy atom. The van der Waals surface area contributed by atoms with Gasteiger partial charge in [-0.25, -0.2) is 9.78 Å². The van der Waals surface area contributed by atoms with Crippen LogP contribution >= 0.6 is 0 Å². The van der Waals surface area contributed by atoms with Crippen molar-refractivity contribution in [3.8, 4) is 5.75 Å². The summed E-state index contributed by atoms with van der Waals surface area (Å²) in [5, 5.41) is 3.04. The Bertz CT molecular complexity index is 805. The molecular weight excluding hydrogens is 342 g/mol. The number of nitrogens with zero attached hydrogens (tertiary/aromatic N) is 3. The number of carbonyl (C=O) groups is 1. The molecule has 2 amide bonds. The number of nitrogens with one attached hydrogen (secondary N) is 2. The number of imidazole rings is 1. The van der Waals surface area contributed by atoms with Gasteiger partial charge in [0.15, 0.2) is 0 Å². The second-order valence-electron chi connectivity index (χ2n) is 7.58. The molecule has 0 radical (unpaired) electrons. The highest BCUT2D eigenvalue weighted by Gasteiger charge is 2.37. The number of methoxy groups -OCH3 is 1. The Kier molecular flexibility index (Phi) is 5.03. The molecule has 1 aromatic carbocycles. The summed E-state index contributed by atoms with van der Waals surface area (Å²) in [5.41, 5.74) is 2.99. The Labute approximate surface area is 159 Å². The van der Waals surface area contributed by atoms with Crippen LogP contribution in [0.15, 0.2) is 30.6 Å². The number of ether oxygens (including phenoxy) is 1. The van der Waals surface area contributed by atoms with Crippen LogP contribution in [0.5, 0.6) is 5.75 Å². The van der Waals surface area contributed by atoms with Gasteiger partial charge in [-0.1, -0.05) is 6.07 Å². The Hall–Kier alpha value is -2.54. The fourth-order valence-electron chi connectivity index (χ4n) is 4.21. The maximum atomic E-state index is 12.9. The molecule has 5 rings (SSSR count). The summed E-state index contributed by atoms with van der Waals surface area (Å²) < 4.78 is 5.24. The SMILES string of the molecule is COc1cccc(NC(=O)N2C[C@H]3CC[C@@H]2CN(Cc2nc[nH]c2C)C3)c1. The fraction of sp³-hybridized carbons (Fsp3) is 0.500. The van der Waals surface area contributed by atoms with Crippen LogP contribution in [0.3, 0.4) is 0 Å². The van der Waals surface area contributed by atoms with Crippen molar-refractivity contribution in [2.45, 2.75) is 32.4 Å². The summed E-state index contributed by atoms with van der Waals surface area (Å²) in [6.45, 7) is 5.63. The molecule has 0 unspecified atom stereocenters. The van der Waals surface area contributed by atoms with Crippen LogP contribution in [-0.2, 0) is 6.54 Å². The van der Waals surface area contributed by atoms with E-state index in [9.17, 15) is 4.79 Å². The number of H-pyrrole nitrogens is 1. The lowest BCUT2D eigenvalue weighted by molar-refractivity contribution is 0.151. The van der Waals surface area contributed by atoms with Gasteiger partial charge in [0.1, 0.15) is 5.75 Å². The molecule has 3 saturated heterocycles. The predicted octanol–water partition coefficient (Wildman–Crippen LogP) is 2.86. The van der Waals surface area contributed by atoms with Crippen molar-refractivity contribution in [1.29, 1.82) is 0 Å². The van der Waals surface area contributed by atoms with Gasteiger partial charge in [0.2, 0.25) is 0 Å². The van der Waals surface area contributed by atoms with Crippen LogP contribution < -0.4 is 10.1 Å². The number of carbonyl (C=O) groups excluding carboxylic acids is 1. The first-order valence-electron chi connectivity index (χ1n) is 9.55. The van der Waals surface area contributed by atoms with Crippen molar-refractivity contribution in [1.82, 2.24) is 19.8 Å². The standard InChI is InChI=1S/C20H27N5O2/c1-14-19(22-13-21-14)12-24-9-15-6-7-17(11-24)25(10-15)20(26)23-16-4-3-5-18(8-16)27-2/h3-5,8,13,15,17H,6-7,9-12H2,1-2H3,(H,21,22)(H,23,26)/t15-,17+/m0/s1. The highest BCUT2D eigenvalue weighted by Crippen LogP contribution is 2.29. The molecule has 2 aromatic rings. The van der Waals surface area contributed by atoms with E-state index in [1.807, 2.05) is 29.2 Å². The average Bonchev–Trinajstić information content (AvgIpc) is 2.88. The van der Waals surface area contributed by atoms with E-state index in [1.54, 1.807) is 13.4 Å². The van der Waals surface area contributed by atoms with Crippen LogP contribution in [0.25, 0.3) is 0 Å². The van der Waals surface area contributed by atoms with Crippen LogP contribution in [0.2, 0.25) is 0 Å². The molecule has 7 heteroatoms.